The van der Waals surface area contributed by atoms with Crippen LogP contribution in [-0.2, 0) is 10.4 Å². The van der Waals surface area contributed by atoms with Crippen LogP contribution < -0.4 is 10.6 Å². The molecule has 6 nitrogen and oxygen atoms in total. The Hall–Kier alpha value is -3.04. The Morgan fingerprint density at radius 3 is 2.42 bits per heavy atom. The van der Waals surface area contributed by atoms with Gasteiger partial charge >= 0.3 is 6.03 Å². The number of carbonyl (C=O) groups is 1. The number of carbonyl (C=O) groups excluding carboxylic acids is 1. The minimum absolute atomic E-state index is 0.0698. The van der Waals surface area contributed by atoms with Gasteiger partial charge in [0.15, 0.2) is 0 Å². The first kappa shape index (κ1) is 24.6. The van der Waals surface area contributed by atoms with Crippen LogP contribution in [0.1, 0.15) is 76.0 Å². The van der Waals surface area contributed by atoms with Crippen molar-refractivity contribution < 1.29 is 9.63 Å². The Labute approximate surface area is 218 Å². The number of halogens is 1. The van der Waals surface area contributed by atoms with Gasteiger partial charge in [0.2, 0.25) is 0 Å². The third kappa shape index (κ3) is 5.08. The SMILES string of the molecule is C/C(=N\OC12CC3CC(CC(C3)C1)C2)c1cccc(C(C)(C)NC(=O)Nc2ccc(Cl)c(C#N)c2)c1. The maximum absolute atomic E-state index is 12.7. The van der Waals surface area contributed by atoms with Crippen LogP contribution in [0.4, 0.5) is 10.5 Å². The smallest absolute Gasteiger partial charge is 0.319 e. The minimum Gasteiger partial charge on any atom is -0.389 e. The highest BCUT2D eigenvalue weighted by Crippen LogP contribution is 2.57. The first-order valence-electron chi connectivity index (χ1n) is 12.8. The van der Waals surface area contributed by atoms with Gasteiger partial charge in [0.25, 0.3) is 0 Å². The maximum Gasteiger partial charge on any atom is 0.319 e. The summed E-state index contributed by atoms with van der Waals surface area (Å²) in [6.07, 6.45) is 7.56. The number of hydrogen-bond donors (Lipinski definition) is 2. The average molecular weight is 505 g/mol. The Bertz CT molecular complexity index is 1210. The number of urea groups is 1. The highest BCUT2D eigenvalue weighted by atomic mass is 35.5. The van der Waals surface area contributed by atoms with Gasteiger partial charge in [0, 0.05) is 5.69 Å². The Morgan fingerprint density at radius 2 is 1.78 bits per heavy atom. The molecule has 4 fully saturated rings. The largest absolute Gasteiger partial charge is 0.389 e. The van der Waals surface area contributed by atoms with Crippen LogP contribution in [0, 0.1) is 29.1 Å². The lowest BCUT2D eigenvalue weighted by atomic mass is 9.54. The molecule has 188 valence electrons. The minimum atomic E-state index is -0.647. The number of nitrogens with one attached hydrogen (secondary N) is 2. The van der Waals surface area contributed by atoms with Crippen molar-refractivity contribution in [1.29, 1.82) is 5.26 Å². The molecular weight excluding hydrogens is 472 g/mol. The van der Waals surface area contributed by atoms with Gasteiger partial charge in [0.1, 0.15) is 11.7 Å². The van der Waals surface area contributed by atoms with E-state index in [2.05, 4.69) is 21.9 Å². The number of anilines is 1. The van der Waals surface area contributed by atoms with Crippen LogP contribution >= 0.6 is 11.6 Å². The molecule has 4 aliphatic carbocycles. The van der Waals surface area contributed by atoms with Gasteiger partial charge in [-0.2, -0.15) is 5.26 Å². The standard InChI is InChI=1S/C29H33ClN4O2/c1-18(34-36-29-14-19-9-20(15-29)11-21(10-19)16-29)22-5-4-6-24(12-22)28(2,3)33-27(35)32-25-7-8-26(30)23(13-25)17-31/h4-8,12-13,19-21H,9-11,14-16H2,1-3H3,(H2,32,33,35)/b34-18+. The molecule has 7 heteroatoms. The summed E-state index contributed by atoms with van der Waals surface area (Å²) in [6, 6.07) is 14.5. The van der Waals surface area contributed by atoms with Gasteiger partial charge in [-0.25, -0.2) is 4.79 Å². The molecule has 36 heavy (non-hydrogen) atoms. The first-order chi connectivity index (χ1) is 17.1. The van der Waals surface area contributed by atoms with Crippen LogP contribution in [0.15, 0.2) is 47.6 Å². The van der Waals surface area contributed by atoms with Gasteiger partial charge in [-0.15, -0.1) is 0 Å². The zero-order valence-corrected chi connectivity index (χ0v) is 21.9. The van der Waals surface area contributed by atoms with E-state index in [9.17, 15) is 10.1 Å². The fourth-order valence-corrected chi connectivity index (χ4v) is 6.86. The van der Waals surface area contributed by atoms with E-state index in [0.29, 0.717) is 16.3 Å². The van der Waals surface area contributed by atoms with Crippen LogP contribution in [0.5, 0.6) is 0 Å². The van der Waals surface area contributed by atoms with Crippen molar-refractivity contribution in [3.63, 3.8) is 0 Å². The summed E-state index contributed by atoms with van der Waals surface area (Å²) in [7, 11) is 0. The summed E-state index contributed by atoms with van der Waals surface area (Å²) in [5, 5.41) is 20.0. The second-order valence-corrected chi connectivity index (χ2v) is 11.9. The average Bonchev–Trinajstić information content (AvgIpc) is 2.82. The molecule has 0 radical (unpaired) electrons. The van der Waals surface area contributed by atoms with E-state index in [1.807, 2.05) is 45.0 Å². The lowest BCUT2D eigenvalue weighted by molar-refractivity contribution is -0.162. The molecule has 2 aromatic carbocycles. The lowest BCUT2D eigenvalue weighted by Gasteiger charge is -2.54. The molecule has 0 aromatic heterocycles. The number of oxime groups is 1. The molecule has 2 amide bonds. The lowest BCUT2D eigenvalue weighted by Crippen LogP contribution is -2.51. The number of hydrogen-bond acceptors (Lipinski definition) is 4. The van der Waals surface area contributed by atoms with Crippen LogP contribution in [0.2, 0.25) is 5.02 Å². The van der Waals surface area contributed by atoms with Crippen LogP contribution in [-0.4, -0.2) is 17.3 Å². The maximum atomic E-state index is 12.7. The van der Waals surface area contributed by atoms with E-state index in [1.54, 1.807) is 18.2 Å². The molecule has 4 saturated carbocycles. The topological polar surface area (TPSA) is 86.5 Å². The highest BCUT2D eigenvalue weighted by Gasteiger charge is 2.53. The predicted molar refractivity (Wildman–Crippen MR) is 142 cm³/mol. The predicted octanol–water partition coefficient (Wildman–Crippen LogP) is 6.98. The monoisotopic (exact) mass is 504 g/mol. The van der Waals surface area contributed by atoms with E-state index in [-0.39, 0.29) is 11.6 Å². The second-order valence-electron chi connectivity index (χ2n) is 11.5. The Balaban J connectivity index is 1.26. The molecule has 4 aliphatic rings. The molecule has 0 spiro atoms. The third-order valence-corrected chi connectivity index (χ3v) is 8.46. The molecule has 0 aliphatic heterocycles. The van der Waals surface area contributed by atoms with E-state index < -0.39 is 5.54 Å². The molecule has 0 atom stereocenters. The quantitative estimate of drug-likeness (QED) is 0.328. The van der Waals surface area contributed by atoms with Crippen molar-refractivity contribution in [2.24, 2.45) is 22.9 Å². The number of nitriles is 1. The molecule has 0 heterocycles. The van der Waals surface area contributed by atoms with E-state index >= 15 is 0 Å². The summed E-state index contributed by atoms with van der Waals surface area (Å²) in [4.78, 5) is 19.0. The van der Waals surface area contributed by atoms with Crippen molar-refractivity contribution >= 4 is 29.0 Å². The van der Waals surface area contributed by atoms with Crippen molar-refractivity contribution in [3.05, 3.63) is 64.2 Å². The summed E-state index contributed by atoms with van der Waals surface area (Å²) in [5.74, 6) is 2.44. The molecule has 0 saturated heterocycles. The second kappa shape index (κ2) is 9.44. The van der Waals surface area contributed by atoms with E-state index in [0.717, 1.165) is 53.9 Å². The molecule has 6 rings (SSSR count). The van der Waals surface area contributed by atoms with Gasteiger partial charge < -0.3 is 15.5 Å². The molecule has 2 aromatic rings. The van der Waals surface area contributed by atoms with Crippen LogP contribution in [0.3, 0.4) is 0 Å². The summed E-state index contributed by atoms with van der Waals surface area (Å²) >= 11 is 5.99. The van der Waals surface area contributed by atoms with Gasteiger partial charge in [-0.1, -0.05) is 35.0 Å². The van der Waals surface area contributed by atoms with Crippen molar-refractivity contribution in [2.45, 2.75) is 70.4 Å². The van der Waals surface area contributed by atoms with E-state index in [1.165, 1.54) is 19.3 Å². The van der Waals surface area contributed by atoms with Gasteiger partial charge in [0.05, 0.1) is 21.8 Å². The third-order valence-electron chi connectivity index (χ3n) is 8.13. The van der Waals surface area contributed by atoms with Crippen molar-refractivity contribution in [3.8, 4) is 6.07 Å². The normalized spacial score (nSPS) is 26.9. The van der Waals surface area contributed by atoms with E-state index in [4.69, 9.17) is 16.4 Å². The molecule has 0 unspecified atom stereocenters. The summed E-state index contributed by atoms with van der Waals surface area (Å²) < 4.78 is 0. The van der Waals surface area contributed by atoms with Crippen LogP contribution in [0.25, 0.3) is 0 Å². The van der Waals surface area contributed by atoms with Gasteiger partial charge in [-0.05, 0) is 112 Å². The van der Waals surface area contributed by atoms with Crippen molar-refractivity contribution in [1.82, 2.24) is 5.32 Å². The van der Waals surface area contributed by atoms with Crippen molar-refractivity contribution in [2.75, 3.05) is 5.32 Å². The van der Waals surface area contributed by atoms with Gasteiger partial charge in [-0.3, -0.25) is 0 Å². The summed E-state index contributed by atoms with van der Waals surface area (Å²) in [6.45, 7) is 5.89. The zero-order valence-electron chi connectivity index (χ0n) is 21.1. The Kier molecular flexibility index (Phi) is 6.46. The number of benzene rings is 2. The summed E-state index contributed by atoms with van der Waals surface area (Å²) in [5.41, 5.74) is 2.87. The number of rotatable bonds is 6. The fraction of sp³-hybridized carbons (Fsp3) is 0.483. The molecule has 4 bridgehead atoms. The number of amides is 2. The Morgan fingerprint density at radius 1 is 1.11 bits per heavy atom. The first-order valence-corrected chi connectivity index (χ1v) is 13.1. The highest BCUT2D eigenvalue weighted by molar-refractivity contribution is 6.31. The number of nitrogens with zero attached hydrogens (tertiary/aromatic N) is 2. The molecule has 2 N–H and O–H groups in total. The fourth-order valence-electron chi connectivity index (χ4n) is 6.70. The molecular formula is C29H33ClN4O2. The zero-order chi connectivity index (χ0) is 25.5.